The third-order valence-electron chi connectivity index (χ3n) is 3.70. The number of aromatic hydroxyl groups is 1. The number of nitro benzene ring substituents is 1. The second-order valence-corrected chi connectivity index (χ2v) is 4.90. The van der Waals surface area contributed by atoms with Crippen LogP contribution in [-0.2, 0) is 4.74 Å². The molecule has 3 N–H and O–H groups in total. The molecule has 0 amide bonds. The predicted octanol–water partition coefficient (Wildman–Crippen LogP) is 2.04. The lowest BCUT2D eigenvalue weighted by Crippen LogP contribution is -2.27. The third kappa shape index (κ3) is 2.69. The van der Waals surface area contributed by atoms with Crippen molar-refractivity contribution in [2.45, 2.75) is 25.8 Å². The summed E-state index contributed by atoms with van der Waals surface area (Å²) in [6.45, 7) is 2.89. The standard InChI is InChI=1S/C13H18N2O4/c1-8-2-3-10(13(16)12(8)15(17)18)11(14)9-4-6-19-7-5-9/h2-3,9,11,16H,4-7,14H2,1H3/t11-/m0/s1. The fraction of sp³-hybridized carbons (Fsp3) is 0.538. The average molecular weight is 266 g/mol. The molecular formula is C13H18N2O4. The lowest BCUT2D eigenvalue weighted by Gasteiger charge is -2.28. The summed E-state index contributed by atoms with van der Waals surface area (Å²) in [4.78, 5) is 10.4. The Morgan fingerprint density at radius 1 is 1.47 bits per heavy atom. The Kier molecular flexibility index (Phi) is 4.01. The number of nitrogens with zero attached hydrogens (tertiary/aromatic N) is 1. The van der Waals surface area contributed by atoms with Crippen molar-refractivity contribution in [1.29, 1.82) is 0 Å². The van der Waals surface area contributed by atoms with Crippen molar-refractivity contribution in [3.8, 4) is 5.75 Å². The van der Waals surface area contributed by atoms with E-state index in [1.54, 1.807) is 19.1 Å². The van der Waals surface area contributed by atoms with Crippen molar-refractivity contribution in [3.05, 3.63) is 33.4 Å². The van der Waals surface area contributed by atoms with Gasteiger partial charge >= 0.3 is 5.69 Å². The molecule has 0 radical (unpaired) electrons. The summed E-state index contributed by atoms with van der Waals surface area (Å²) in [5, 5.41) is 21.1. The molecule has 1 aliphatic heterocycles. The van der Waals surface area contributed by atoms with E-state index in [2.05, 4.69) is 0 Å². The molecule has 1 saturated heterocycles. The van der Waals surface area contributed by atoms with E-state index in [1.807, 2.05) is 0 Å². The van der Waals surface area contributed by atoms with Gasteiger partial charge in [0.1, 0.15) is 0 Å². The molecule has 1 aliphatic rings. The Morgan fingerprint density at radius 2 is 2.11 bits per heavy atom. The summed E-state index contributed by atoms with van der Waals surface area (Å²) >= 11 is 0. The van der Waals surface area contributed by atoms with Crippen molar-refractivity contribution in [3.63, 3.8) is 0 Å². The Morgan fingerprint density at radius 3 is 2.68 bits per heavy atom. The third-order valence-corrected chi connectivity index (χ3v) is 3.70. The number of hydrogen-bond donors (Lipinski definition) is 2. The topological polar surface area (TPSA) is 98.6 Å². The Labute approximate surface area is 111 Å². The summed E-state index contributed by atoms with van der Waals surface area (Å²) < 4.78 is 5.27. The molecule has 19 heavy (non-hydrogen) atoms. The first kappa shape index (κ1) is 13.8. The van der Waals surface area contributed by atoms with Gasteiger partial charge in [-0.25, -0.2) is 0 Å². The summed E-state index contributed by atoms with van der Waals surface area (Å²) in [7, 11) is 0. The van der Waals surface area contributed by atoms with E-state index >= 15 is 0 Å². The zero-order valence-corrected chi connectivity index (χ0v) is 10.8. The number of rotatable bonds is 3. The molecule has 104 valence electrons. The Hall–Kier alpha value is -1.66. The molecule has 0 saturated carbocycles. The number of aryl methyl sites for hydroxylation is 1. The number of benzene rings is 1. The van der Waals surface area contributed by atoms with Crippen LogP contribution in [0.4, 0.5) is 5.69 Å². The van der Waals surface area contributed by atoms with Crippen LogP contribution in [0.3, 0.4) is 0 Å². The Bertz CT molecular complexity index is 484. The van der Waals surface area contributed by atoms with Crippen LogP contribution in [0.25, 0.3) is 0 Å². The molecule has 1 heterocycles. The fourth-order valence-electron chi connectivity index (χ4n) is 2.52. The van der Waals surface area contributed by atoms with Gasteiger partial charge in [0, 0.05) is 30.4 Å². The highest BCUT2D eigenvalue weighted by Crippen LogP contribution is 2.39. The highest BCUT2D eigenvalue weighted by Gasteiger charge is 2.28. The van der Waals surface area contributed by atoms with E-state index in [-0.39, 0.29) is 17.4 Å². The van der Waals surface area contributed by atoms with E-state index in [0.29, 0.717) is 24.3 Å². The maximum atomic E-state index is 11.0. The number of hydrogen-bond acceptors (Lipinski definition) is 5. The molecule has 0 unspecified atom stereocenters. The van der Waals surface area contributed by atoms with Gasteiger partial charge in [-0.3, -0.25) is 10.1 Å². The number of phenolic OH excluding ortho intramolecular Hbond substituents is 1. The van der Waals surface area contributed by atoms with Gasteiger partial charge in [0.15, 0.2) is 5.75 Å². The van der Waals surface area contributed by atoms with Gasteiger partial charge in [0.05, 0.1) is 4.92 Å². The van der Waals surface area contributed by atoms with Gasteiger partial charge in [-0.05, 0) is 25.7 Å². The van der Waals surface area contributed by atoms with E-state index in [9.17, 15) is 15.2 Å². The summed E-state index contributed by atoms with van der Waals surface area (Å²) in [6.07, 6.45) is 1.62. The van der Waals surface area contributed by atoms with Gasteiger partial charge in [-0.15, -0.1) is 0 Å². The molecule has 1 aromatic rings. The highest BCUT2D eigenvalue weighted by molar-refractivity contribution is 5.56. The van der Waals surface area contributed by atoms with E-state index in [0.717, 1.165) is 12.8 Å². The maximum Gasteiger partial charge on any atom is 0.313 e. The SMILES string of the molecule is Cc1ccc([C@@H](N)C2CCOCC2)c(O)c1[N+](=O)[O-]. The van der Waals surface area contributed by atoms with Crippen LogP contribution in [0.1, 0.15) is 30.0 Å². The van der Waals surface area contributed by atoms with Gasteiger partial charge in [-0.1, -0.05) is 12.1 Å². The number of nitrogens with two attached hydrogens (primary N) is 1. The first-order chi connectivity index (χ1) is 9.02. The van der Waals surface area contributed by atoms with Crippen LogP contribution >= 0.6 is 0 Å². The predicted molar refractivity (Wildman–Crippen MR) is 70.0 cm³/mol. The summed E-state index contributed by atoms with van der Waals surface area (Å²) in [6, 6.07) is 2.91. The lowest BCUT2D eigenvalue weighted by molar-refractivity contribution is -0.386. The van der Waals surface area contributed by atoms with Crippen LogP contribution in [-0.4, -0.2) is 23.2 Å². The van der Waals surface area contributed by atoms with Crippen LogP contribution in [0.2, 0.25) is 0 Å². The number of nitro groups is 1. The minimum atomic E-state index is -0.565. The van der Waals surface area contributed by atoms with Crippen LogP contribution in [0.5, 0.6) is 5.75 Å². The summed E-state index contributed by atoms with van der Waals surface area (Å²) in [5.74, 6) is -0.119. The minimum Gasteiger partial charge on any atom is -0.502 e. The highest BCUT2D eigenvalue weighted by atomic mass is 16.6. The Balaban J connectivity index is 2.34. The zero-order valence-electron chi connectivity index (χ0n) is 10.8. The molecule has 0 spiro atoms. The molecule has 1 aromatic carbocycles. The quantitative estimate of drug-likeness (QED) is 0.644. The van der Waals surface area contributed by atoms with Gasteiger partial charge in [0.2, 0.25) is 0 Å². The fourth-order valence-corrected chi connectivity index (χ4v) is 2.52. The first-order valence-corrected chi connectivity index (χ1v) is 6.32. The molecule has 2 rings (SSSR count). The van der Waals surface area contributed by atoms with Crippen molar-refractivity contribution < 1.29 is 14.8 Å². The second kappa shape index (κ2) is 5.54. The van der Waals surface area contributed by atoms with Gasteiger partial charge in [-0.2, -0.15) is 0 Å². The van der Waals surface area contributed by atoms with Crippen LogP contribution in [0.15, 0.2) is 12.1 Å². The van der Waals surface area contributed by atoms with Crippen molar-refractivity contribution in [2.75, 3.05) is 13.2 Å². The van der Waals surface area contributed by atoms with Crippen molar-refractivity contribution in [1.82, 2.24) is 0 Å². The van der Waals surface area contributed by atoms with Crippen LogP contribution in [0, 0.1) is 23.0 Å². The zero-order chi connectivity index (χ0) is 14.0. The molecule has 6 nitrogen and oxygen atoms in total. The van der Waals surface area contributed by atoms with E-state index in [1.165, 1.54) is 0 Å². The monoisotopic (exact) mass is 266 g/mol. The molecule has 0 aromatic heterocycles. The summed E-state index contributed by atoms with van der Waals surface area (Å²) in [5.41, 5.74) is 6.79. The normalized spacial score (nSPS) is 18.2. The van der Waals surface area contributed by atoms with Crippen molar-refractivity contribution in [2.24, 2.45) is 11.7 Å². The molecule has 0 bridgehead atoms. The average Bonchev–Trinajstić information content (AvgIpc) is 2.39. The van der Waals surface area contributed by atoms with Gasteiger partial charge in [0.25, 0.3) is 0 Å². The maximum absolute atomic E-state index is 11.0. The molecule has 1 atom stereocenters. The molecular weight excluding hydrogens is 248 g/mol. The van der Waals surface area contributed by atoms with E-state index in [4.69, 9.17) is 10.5 Å². The molecule has 6 heteroatoms. The number of phenols is 1. The minimum absolute atomic E-state index is 0.182. The number of ether oxygens (including phenoxy) is 1. The smallest absolute Gasteiger partial charge is 0.313 e. The second-order valence-electron chi connectivity index (χ2n) is 4.90. The lowest BCUT2D eigenvalue weighted by atomic mass is 9.86. The van der Waals surface area contributed by atoms with Gasteiger partial charge < -0.3 is 15.6 Å². The van der Waals surface area contributed by atoms with Crippen LogP contribution < -0.4 is 5.73 Å². The van der Waals surface area contributed by atoms with E-state index < -0.39 is 11.0 Å². The first-order valence-electron chi connectivity index (χ1n) is 6.32. The van der Waals surface area contributed by atoms with Crippen molar-refractivity contribution >= 4 is 5.69 Å². The molecule has 0 aliphatic carbocycles. The molecule has 1 fully saturated rings. The largest absolute Gasteiger partial charge is 0.502 e.